The van der Waals surface area contributed by atoms with E-state index in [1.54, 1.807) is 39.8 Å². The van der Waals surface area contributed by atoms with Crippen LogP contribution in [0.2, 0.25) is 0 Å². The van der Waals surface area contributed by atoms with Gasteiger partial charge in [0, 0.05) is 5.56 Å². The molecule has 0 aliphatic heterocycles. The number of carbonyl (C=O) groups is 2. The van der Waals surface area contributed by atoms with Gasteiger partial charge >= 0.3 is 5.97 Å². The molecule has 2 N–H and O–H groups in total. The van der Waals surface area contributed by atoms with Crippen LogP contribution in [0.5, 0.6) is 0 Å². The van der Waals surface area contributed by atoms with Gasteiger partial charge in [-0.25, -0.2) is 0 Å². The predicted molar refractivity (Wildman–Crippen MR) is 74.1 cm³/mol. The van der Waals surface area contributed by atoms with Crippen LogP contribution >= 0.6 is 0 Å². The van der Waals surface area contributed by atoms with Gasteiger partial charge < -0.3 is 10.4 Å². The van der Waals surface area contributed by atoms with E-state index in [-0.39, 0.29) is 5.91 Å². The van der Waals surface area contributed by atoms with Crippen molar-refractivity contribution in [2.75, 3.05) is 0 Å². The Morgan fingerprint density at radius 3 is 1.95 bits per heavy atom. The molecular weight excluding hydrogens is 242 g/mol. The summed E-state index contributed by atoms with van der Waals surface area (Å²) in [4.78, 5) is 23.4. The van der Waals surface area contributed by atoms with Gasteiger partial charge in [0.25, 0.3) is 5.91 Å². The average Bonchev–Trinajstić information content (AvgIpc) is 2.28. The quantitative estimate of drug-likeness (QED) is 0.877. The molecule has 0 saturated carbocycles. The minimum Gasteiger partial charge on any atom is -0.481 e. The van der Waals surface area contributed by atoms with Crippen LogP contribution in [0.25, 0.3) is 0 Å². The van der Waals surface area contributed by atoms with Crippen molar-refractivity contribution in [2.24, 2.45) is 5.41 Å². The molecule has 0 radical (unpaired) electrons. The Hall–Kier alpha value is -1.84. The van der Waals surface area contributed by atoms with Crippen LogP contribution in [-0.4, -0.2) is 22.5 Å². The molecule has 0 spiro atoms. The molecule has 104 valence electrons. The molecule has 0 aromatic heterocycles. The molecule has 1 aromatic rings. The van der Waals surface area contributed by atoms with E-state index in [0.717, 1.165) is 5.56 Å². The Labute approximate surface area is 113 Å². The highest BCUT2D eigenvalue weighted by Crippen LogP contribution is 2.30. The molecule has 0 bridgehead atoms. The molecule has 0 saturated heterocycles. The second kappa shape index (κ2) is 5.03. The van der Waals surface area contributed by atoms with E-state index in [9.17, 15) is 14.7 Å². The van der Waals surface area contributed by atoms with E-state index < -0.39 is 16.9 Å². The molecule has 19 heavy (non-hydrogen) atoms. The van der Waals surface area contributed by atoms with Crippen molar-refractivity contribution in [3.05, 3.63) is 35.4 Å². The maximum atomic E-state index is 12.1. The van der Waals surface area contributed by atoms with Gasteiger partial charge in [-0.1, -0.05) is 17.7 Å². The minimum absolute atomic E-state index is 0.265. The number of benzene rings is 1. The standard InChI is InChI=1S/C15H21NO3/c1-10-6-8-11(9-7-10)12(17)16-15(4,5)14(2,3)13(18)19/h6-9H,1-5H3,(H,16,17)(H,18,19). The molecule has 0 fully saturated rings. The van der Waals surface area contributed by atoms with E-state index in [1.165, 1.54) is 0 Å². The fraction of sp³-hybridized carbons (Fsp3) is 0.467. The van der Waals surface area contributed by atoms with Crippen molar-refractivity contribution in [3.8, 4) is 0 Å². The van der Waals surface area contributed by atoms with Gasteiger partial charge in [0.05, 0.1) is 11.0 Å². The molecule has 0 heterocycles. The number of rotatable bonds is 4. The summed E-state index contributed by atoms with van der Waals surface area (Å²) in [6.45, 7) is 8.58. The predicted octanol–water partition coefficient (Wildman–Crippen LogP) is 2.61. The number of aliphatic carboxylic acids is 1. The SMILES string of the molecule is Cc1ccc(C(=O)NC(C)(C)C(C)(C)C(=O)O)cc1. The number of amides is 1. The highest BCUT2D eigenvalue weighted by molar-refractivity contribution is 5.95. The summed E-state index contributed by atoms with van der Waals surface area (Å²) in [5.74, 6) is -1.21. The Morgan fingerprint density at radius 2 is 1.53 bits per heavy atom. The first kappa shape index (κ1) is 15.2. The maximum Gasteiger partial charge on any atom is 0.311 e. The molecule has 0 unspecified atom stereocenters. The largest absolute Gasteiger partial charge is 0.481 e. The third kappa shape index (κ3) is 3.13. The van der Waals surface area contributed by atoms with Gasteiger partial charge in [-0.2, -0.15) is 0 Å². The monoisotopic (exact) mass is 263 g/mol. The van der Waals surface area contributed by atoms with Crippen LogP contribution < -0.4 is 5.32 Å². The van der Waals surface area contributed by atoms with Gasteiger partial charge in [-0.15, -0.1) is 0 Å². The van der Waals surface area contributed by atoms with Crippen LogP contribution in [-0.2, 0) is 4.79 Å². The number of carboxylic acids is 1. The van der Waals surface area contributed by atoms with E-state index in [1.807, 2.05) is 19.1 Å². The lowest BCUT2D eigenvalue weighted by molar-refractivity contribution is -0.150. The number of aryl methyl sites for hydroxylation is 1. The number of carbonyl (C=O) groups excluding carboxylic acids is 1. The van der Waals surface area contributed by atoms with Crippen LogP contribution in [0.15, 0.2) is 24.3 Å². The zero-order valence-corrected chi connectivity index (χ0v) is 12.1. The fourth-order valence-corrected chi connectivity index (χ4v) is 1.48. The van der Waals surface area contributed by atoms with E-state index >= 15 is 0 Å². The van der Waals surface area contributed by atoms with Crippen molar-refractivity contribution in [2.45, 2.75) is 40.2 Å². The minimum atomic E-state index is -1.06. The van der Waals surface area contributed by atoms with Gasteiger partial charge in [0.2, 0.25) is 0 Å². The molecular formula is C15H21NO3. The second-order valence-electron chi connectivity index (χ2n) is 5.88. The highest BCUT2D eigenvalue weighted by Gasteiger charge is 2.44. The Bertz CT molecular complexity index is 487. The van der Waals surface area contributed by atoms with Gasteiger partial charge in [0.15, 0.2) is 0 Å². The van der Waals surface area contributed by atoms with Crippen LogP contribution in [0.4, 0.5) is 0 Å². The molecule has 1 amide bonds. The number of hydrogen-bond acceptors (Lipinski definition) is 2. The van der Waals surface area contributed by atoms with Crippen LogP contribution in [0.3, 0.4) is 0 Å². The topological polar surface area (TPSA) is 66.4 Å². The Kier molecular flexibility index (Phi) is 4.03. The highest BCUT2D eigenvalue weighted by atomic mass is 16.4. The first-order valence-electron chi connectivity index (χ1n) is 6.20. The summed E-state index contributed by atoms with van der Waals surface area (Å²) in [5.41, 5.74) is -0.324. The molecule has 4 nitrogen and oxygen atoms in total. The van der Waals surface area contributed by atoms with E-state index in [2.05, 4.69) is 5.32 Å². The average molecular weight is 263 g/mol. The molecule has 1 aromatic carbocycles. The lowest BCUT2D eigenvalue weighted by Crippen LogP contribution is -2.56. The van der Waals surface area contributed by atoms with Crippen molar-refractivity contribution >= 4 is 11.9 Å². The summed E-state index contributed by atoms with van der Waals surface area (Å²) < 4.78 is 0. The van der Waals surface area contributed by atoms with Crippen molar-refractivity contribution in [1.82, 2.24) is 5.32 Å². The fourth-order valence-electron chi connectivity index (χ4n) is 1.48. The second-order valence-corrected chi connectivity index (χ2v) is 5.88. The third-order valence-corrected chi connectivity index (χ3v) is 3.84. The zero-order chi connectivity index (χ0) is 14.8. The summed E-state index contributed by atoms with van der Waals surface area (Å²) in [7, 11) is 0. The first-order valence-corrected chi connectivity index (χ1v) is 6.20. The van der Waals surface area contributed by atoms with Gasteiger partial charge in [-0.05, 0) is 46.8 Å². The van der Waals surface area contributed by atoms with Gasteiger partial charge in [-0.3, -0.25) is 9.59 Å². The summed E-state index contributed by atoms with van der Waals surface area (Å²) >= 11 is 0. The Morgan fingerprint density at radius 1 is 1.05 bits per heavy atom. The summed E-state index contributed by atoms with van der Waals surface area (Å²) in [6.07, 6.45) is 0. The van der Waals surface area contributed by atoms with Crippen molar-refractivity contribution in [1.29, 1.82) is 0 Å². The van der Waals surface area contributed by atoms with Crippen molar-refractivity contribution in [3.63, 3.8) is 0 Å². The number of hydrogen-bond donors (Lipinski definition) is 2. The Balaban J connectivity index is 2.92. The number of carboxylic acid groups (broad SMARTS) is 1. The lowest BCUT2D eigenvalue weighted by Gasteiger charge is -2.38. The normalized spacial score (nSPS) is 12.1. The van der Waals surface area contributed by atoms with E-state index in [0.29, 0.717) is 5.56 Å². The smallest absolute Gasteiger partial charge is 0.311 e. The third-order valence-electron chi connectivity index (χ3n) is 3.84. The lowest BCUT2D eigenvalue weighted by atomic mass is 9.74. The molecule has 0 aliphatic carbocycles. The molecule has 1 rings (SSSR count). The van der Waals surface area contributed by atoms with Gasteiger partial charge in [0.1, 0.15) is 0 Å². The van der Waals surface area contributed by atoms with Crippen LogP contribution in [0.1, 0.15) is 43.6 Å². The van der Waals surface area contributed by atoms with Crippen LogP contribution in [0, 0.1) is 12.3 Å². The number of nitrogens with one attached hydrogen (secondary N) is 1. The molecule has 0 atom stereocenters. The maximum absolute atomic E-state index is 12.1. The molecule has 4 heteroatoms. The summed E-state index contributed by atoms with van der Waals surface area (Å²) in [5, 5.41) is 12.0. The van der Waals surface area contributed by atoms with E-state index in [4.69, 9.17) is 0 Å². The zero-order valence-electron chi connectivity index (χ0n) is 12.1. The molecule has 0 aliphatic rings. The van der Waals surface area contributed by atoms with Crippen molar-refractivity contribution < 1.29 is 14.7 Å². The first-order chi connectivity index (χ1) is 8.58. The summed E-state index contributed by atoms with van der Waals surface area (Å²) in [6, 6.07) is 7.16.